The van der Waals surface area contributed by atoms with Gasteiger partial charge in [0.1, 0.15) is 0 Å². The molecule has 0 saturated heterocycles. The third kappa shape index (κ3) is 3.92. The summed E-state index contributed by atoms with van der Waals surface area (Å²) in [6, 6.07) is 2.90. The van der Waals surface area contributed by atoms with E-state index in [1.54, 1.807) is 0 Å². The van der Waals surface area contributed by atoms with Gasteiger partial charge in [-0.3, -0.25) is 0 Å². The molecule has 0 radical (unpaired) electrons. The van der Waals surface area contributed by atoms with Crippen LogP contribution in [-0.2, 0) is 16.2 Å². The first-order valence-corrected chi connectivity index (χ1v) is 6.95. The van der Waals surface area contributed by atoms with Crippen LogP contribution in [0.15, 0.2) is 29.2 Å². The minimum atomic E-state index is -4.56. The van der Waals surface area contributed by atoms with Crippen molar-refractivity contribution < 1.29 is 31.8 Å². The van der Waals surface area contributed by atoms with Gasteiger partial charge in [-0.2, -0.15) is 13.2 Å². The van der Waals surface area contributed by atoms with Gasteiger partial charge in [0, 0.05) is 0 Å². The van der Waals surface area contributed by atoms with Crippen molar-refractivity contribution >= 4 is 10.0 Å². The number of aliphatic hydroxyl groups is 2. The molecule has 0 unspecified atom stereocenters. The van der Waals surface area contributed by atoms with Crippen LogP contribution in [-0.4, -0.2) is 37.4 Å². The molecule has 114 valence electrons. The lowest BCUT2D eigenvalue weighted by Crippen LogP contribution is -2.51. The zero-order chi connectivity index (χ0) is 15.6. The smallest absolute Gasteiger partial charge is 0.394 e. The number of alkyl halides is 3. The minimum Gasteiger partial charge on any atom is -0.394 e. The molecule has 1 rings (SSSR count). The second kappa shape index (κ2) is 5.68. The molecule has 5 nitrogen and oxygen atoms in total. The molecule has 0 aliphatic rings. The van der Waals surface area contributed by atoms with E-state index in [1.807, 2.05) is 4.72 Å². The maximum atomic E-state index is 12.4. The number of sulfonamides is 1. The van der Waals surface area contributed by atoms with Gasteiger partial charge in [-0.05, 0) is 31.2 Å². The number of halogens is 3. The van der Waals surface area contributed by atoms with Gasteiger partial charge in [-0.25, -0.2) is 13.1 Å². The molecule has 0 aromatic heterocycles. The standard InChI is InChI=1S/C11H14F3NO4S/c1-10(6-16,7-17)15-20(18,19)9-4-2-8(3-5-9)11(12,13)14/h2-5,15-17H,6-7H2,1H3. The minimum absolute atomic E-state index is 0.390. The summed E-state index contributed by atoms with van der Waals surface area (Å²) < 4.78 is 63.0. The Kier molecular flexibility index (Phi) is 4.80. The van der Waals surface area contributed by atoms with Gasteiger partial charge in [-0.15, -0.1) is 0 Å². The van der Waals surface area contributed by atoms with Crippen LogP contribution in [0.25, 0.3) is 0 Å². The van der Waals surface area contributed by atoms with Crippen LogP contribution in [0, 0.1) is 0 Å². The summed E-state index contributed by atoms with van der Waals surface area (Å²) in [4.78, 5) is -0.390. The van der Waals surface area contributed by atoms with E-state index in [-0.39, 0.29) is 0 Å². The maximum Gasteiger partial charge on any atom is 0.416 e. The molecule has 1 aromatic rings. The van der Waals surface area contributed by atoms with Crippen molar-refractivity contribution in [2.24, 2.45) is 0 Å². The van der Waals surface area contributed by atoms with E-state index in [0.717, 1.165) is 12.1 Å². The van der Waals surface area contributed by atoms with Crippen molar-refractivity contribution in [1.29, 1.82) is 0 Å². The number of hydrogen-bond acceptors (Lipinski definition) is 4. The van der Waals surface area contributed by atoms with Gasteiger partial charge in [0.25, 0.3) is 0 Å². The number of aliphatic hydroxyl groups excluding tert-OH is 2. The van der Waals surface area contributed by atoms with Crippen molar-refractivity contribution in [3.05, 3.63) is 29.8 Å². The van der Waals surface area contributed by atoms with Gasteiger partial charge in [0.15, 0.2) is 0 Å². The highest BCUT2D eigenvalue weighted by molar-refractivity contribution is 7.89. The Morgan fingerprint density at radius 1 is 1.10 bits per heavy atom. The van der Waals surface area contributed by atoms with E-state index in [1.165, 1.54) is 6.92 Å². The Balaban J connectivity index is 3.05. The molecular weight excluding hydrogens is 299 g/mol. The van der Waals surface area contributed by atoms with E-state index >= 15 is 0 Å². The fourth-order valence-electron chi connectivity index (χ4n) is 1.32. The van der Waals surface area contributed by atoms with Gasteiger partial charge in [0.2, 0.25) is 10.0 Å². The molecule has 0 saturated carbocycles. The second-order valence-corrected chi connectivity index (χ2v) is 6.19. The van der Waals surface area contributed by atoms with Gasteiger partial charge in [-0.1, -0.05) is 0 Å². The molecule has 0 atom stereocenters. The lowest BCUT2D eigenvalue weighted by molar-refractivity contribution is -0.137. The van der Waals surface area contributed by atoms with Crippen LogP contribution in [0.2, 0.25) is 0 Å². The highest BCUT2D eigenvalue weighted by Crippen LogP contribution is 2.29. The quantitative estimate of drug-likeness (QED) is 0.748. The Morgan fingerprint density at radius 2 is 1.55 bits per heavy atom. The summed E-state index contributed by atoms with van der Waals surface area (Å²) in [5, 5.41) is 18.0. The first-order chi connectivity index (χ1) is 9.04. The lowest BCUT2D eigenvalue weighted by atomic mass is 10.1. The largest absolute Gasteiger partial charge is 0.416 e. The molecule has 3 N–H and O–H groups in total. The van der Waals surface area contributed by atoms with Gasteiger partial charge >= 0.3 is 6.18 Å². The zero-order valence-electron chi connectivity index (χ0n) is 10.5. The maximum absolute atomic E-state index is 12.4. The third-order valence-corrected chi connectivity index (χ3v) is 4.22. The number of hydrogen-bond donors (Lipinski definition) is 3. The molecule has 0 amide bonds. The molecule has 20 heavy (non-hydrogen) atoms. The highest BCUT2D eigenvalue weighted by Gasteiger charge is 2.32. The molecule has 0 heterocycles. The average Bonchev–Trinajstić information content (AvgIpc) is 2.37. The molecule has 9 heteroatoms. The predicted molar refractivity (Wildman–Crippen MR) is 64.3 cm³/mol. The molecule has 0 aliphatic heterocycles. The van der Waals surface area contributed by atoms with Gasteiger partial charge in [0.05, 0.1) is 29.2 Å². The van der Waals surface area contributed by atoms with Gasteiger partial charge < -0.3 is 10.2 Å². The Morgan fingerprint density at radius 3 is 1.90 bits per heavy atom. The Labute approximate surface area is 114 Å². The Bertz CT molecular complexity index is 550. The highest BCUT2D eigenvalue weighted by atomic mass is 32.2. The van der Waals surface area contributed by atoms with Crippen LogP contribution >= 0.6 is 0 Å². The van der Waals surface area contributed by atoms with E-state index in [9.17, 15) is 21.6 Å². The number of nitrogens with one attached hydrogen (secondary N) is 1. The first-order valence-electron chi connectivity index (χ1n) is 5.47. The van der Waals surface area contributed by atoms with Crippen LogP contribution in [0.1, 0.15) is 12.5 Å². The van der Waals surface area contributed by atoms with Crippen LogP contribution in [0.3, 0.4) is 0 Å². The molecule has 1 aromatic carbocycles. The van der Waals surface area contributed by atoms with Crippen LogP contribution in [0.4, 0.5) is 13.2 Å². The normalized spacial score (nSPS) is 13.5. The average molecular weight is 313 g/mol. The topological polar surface area (TPSA) is 86.6 Å². The second-order valence-electron chi connectivity index (χ2n) is 4.50. The SMILES string of the molecule is CC(CO)(CO)NS(=O)(=O)c1ccc(C(F)(F)F)cc1. The molecule has 0 spiro atoms. The summed E-state index contributed by atoms with van der Waals surface area (Å²) in [5.74, 6) is 0. The summed E-state index contributed by atoms with van der Waals surface area (Å²) >= 11 is 0. The van der Waals surface area contributed by atoms with Crippen molar-refractivity contribution in [3.63, 3.8) is 0 Å². The fraction of sp³-hybridized carbons (Fsp3) is 0.455. The van der Waals surface area contributed by atoms with Crippen LogP contribution < -0.4 is 4.72 Å². The first kappa shape index (κ1) is 16.9. The molecule has 0 bridgehead atoms. The van der Waals surface area contributed by atoms with E-state index in [2.05, 4.69) is 0 Å². The molecular formula is C11H14F3NO4S. The fourth-order valence-corrected chi connectivity index (χ4v) is 2.71. The van der Waals surface area contributed by atoms with Crippen molar-refractivity contribution in [1.82, 2.24) is 4.72 Å². The van der Waals surface area contributed by atoms with E-state index in [4.69, 9.17) is 10.2 Å². The van der Waals surface area contributed by atoms with Crippen molar-refractivity contribution in [3.8, 4) is 0 Å². The van der Waals surface area contributed by atoms with Crippen LogP contribution in [0.5, 0.6) is 0 Å². The summed E-state index contributed by atoms with van der Waals surface area (Å²) in [6.45, 7) is -0.0681. The van der Waals surface area contributed by atoms with Crippen molar-refractivity contribution in [2.45, 2.75) is 23.5 Å². The van der Waals surface area contributed by atoms with Crippen molar-refractivity contribution in [2.75, 3.05) is 13.2 Å². The monoisotopic (exact) mass is 313 g/mol. The summed E-state index contributed by atoms with van der Waals surface area (Å²) in [6.07, 6.45) is -4.56. The number of rotatable bonds is 5. The summed E-state index contributed by atoms with van der Waals surface area (Å²) in [7, 11) is -4.14. The number of benzene rings is 1. The van der Waals surface area contributed by atoms with E-state index < -0.39 is 45.4 Å². The lowest BCUT2D eigenvalue weighted by Gasteiger charge is -2.25. The summed E-state index contributed by atoms with van der Waals surface area (Å²) in [5.41, 5.74) is -2.47. The zero-order valence-corrected chi connectivity index (χ0v) is 11.3. The Hall–Kier alpha value is -1.16. The van der Waals surface area contributed by atoms with E-state index in [0.29, 0.717) is 12.1 Å². The molecule has 0 aliphatic carbocycles. The predicted octanol–water partition coefficient (Wildman–Crippen LogP) is 0.727. The third-order valence-electron chi connectivity index (χ3n) is 2.57. The molecule has 0 fully saturated rings.